The summed E-state index contributed by atoms with van der Waals surface area (Å²) in [4.78, 5) is 23.4. The number of halogens is 1. The van der Waals surface area contributed by atoms with Crippen molar-refractivity contribution in [3.05, 3.63) is 33.4 Å². The Morgan fingerprint density at radius 3 is 2.38 bits per heavy atom. The fourth-order valence-corrected chi connectivity index (χ4v) is 2.68. The lowest BCUT2D eigenvalue weighted by molar-refractivity contribution is -0.135. The first kappa shape index (κ1) is 11.8. The van der Waals surface area contributed by atoms with Gasteiger partial charge in [-0.3, -0.25) is 9.59 Å². The third-order valence-electron chi connectivity index (χ3n) is 3.01. The van der Waals surface area contributed by atoms with Gasteiger partial charge in [0.1, 0.15) is 11.6 Å². The van der Waals surface area contributed by atoms with Gasteiger partial charge in [0.05, 0.1) is 5.92 Å². The highest BCUT2D eigenvalue weighted by Crippen LogP contribution is 2.23. The fraction of sp³-hybridized carbons (Fsp3) is 0.385. The van der Waals surface area contributed by atoms with Gasteiger partial charge in [0.2, 0.25) is 0 Å². The van der Waals surface area contributed by atoms with E-state index in [9.17, 15) is 9.59 Å². The van der Waals surface area contributed by atoms with Crippen molar-refractivity contribution >= 4 is 34.2 Å². The van der Waals surface area contributed by atoms with E-state index < -0.39 is 0 Å². The zero-order chi connectivity index (χ0) is 11.5. The lowest BCUT2D eigenvalue weighted by Crippen LogP contribution is -2.30. The first-order chi connectivity index (χ1) is 7.68. The maximum Gasteiger partial charge on any atom is 0.143 e. The molecule has 1 aliphatic rings. The summed E-state index contributed by atoms with van der Waals surface area (Å²) in [5, 5.41) is 0. The van der Waals surface area contributed by atoms with Gasteiger partial charge in [0.25, 0.3) is 0 Å². The summed E-state index contributed by atoms with van der Waals surface area (Å²) in [6.07, 6.45) is 2.45. The first-order valence-electron chi connectivity index (χ1n) is 5.47. The lowest BCUT2D eigenvalue weighted by Gasteiger charge is -2.19. The Balaban J connectivity index is 2.17. The van der Waals surface area contributed by atoms with Gasteiger partial charge in [-0.05, 0) is 47.1 Å². The number of hydrogen-bond donors (Lipinski definition) is 0. The molecule has 0 radical (unpaired) electrons. The number of benzene rings is 1. The van der Waals surface area contributed by atoms with E-state index in [-0.39, 0.29) is 17.5 Å². The molecule has 16 heavy (non-hydrogen) atoms. The van der Waals surface area contributed by atoms with Gasteiger partial charge in [0.15, 0.2) is 0 Å². The van der Waals surface area contributed by atoms with Crippen molar-refractivity contribution in [2.24, 2.45) is 5.92 Å². The molecule has 0 spiro atoms. The summed E-state index contributed by atoms with van der Waals surface area (Å²) in [5.74, 6) is -0.142. The van der Waals surface area contributed by atoms with Crippen LogP contribution in [-0.2, 0) is 16.0 Å². The van der Waals surface area contributed by atoms with Crippen LogP contribution in [0.3, 0.4) is 0 Å². The van der Waals surface area contributed by atoms with Crippen LogP contribution in [0.4, 0.5) is 0 Å². The maximum atomic E-state index is 11.7. The topological polar surface area (TPSA) is 34.1 Å². The van der Waals surface area contributed by atoms with E-state index in [1.807, 2.05) is 24.3 Å². The molecule has 3 heteroatoms. The molecule has 2 nitrogen and oxygen atoms in total. The average molecular weight is 328 g/mol. The minimum Gasteiger partial charge on any atom is -0.299 e. The van der Waals surface area contributed by atoms with Crippen molar-refractivity contribution in [1.82, 2.24) is 0 Å². The standard InChI is InChI=1S/C13H13IO2/c14-11-5-2-1-4-9(11)8-10-12(15)6-3-7-13(10)16/h1-2,4-5,10H,3,6-8H2. The number of rotatable bonds is 2. The molecule has 84 valence electrons. The summed E-state index contributed by atoms with van der Waals surface area (Å²) >= 11 is 2.25. The maximum absolute atomic E-state index is 11.7. The Morgan fingerprint density at radius 1 is 1.12 bits per heavy atom. The van der Waals surface area contributed by atoms with Crippen LogP contribution in [0.25, 0.3) is 0 Å². The smallest absolute Gasteiger partial charge is 0.143 e. The van der Waals surface area contributed by atoms with Gasteiger partial charge in [-0.25, -0.2) is 0 Å². The van der Waals surface area contributed by atoms with Crippen LogP contribution in [0.5, 0.6) is 0 Å². The van der Waals surface area contributed by atoms with Gasteiger partial charge in [-0.2, -0.15) is 0 Å². The fourth-order valence-electron chi connectivity index (χ4n) is 2.08. The number of carbonyl (C=O) groups is 2. The molecular formula is C13H13IO2. The number of carbonyl (C=O) groups excluding carboxylic acids is 2. The monoisotopic (exact) mass is 328 g/mol. The molecule has 1 aromatic rings. The molecular weight excluding hydrogens is 315 g/mol. The predicted molar refractivity (Wildman–Crippen MR) is 70.2 cm³/mol. The Bertz CT molecular complexity index is 410. The Hall–Kier alpha value is -0.710. The third kappa shape index (κ3) is 2.51. The van der Waals surface area contributed by atoms with Gasteiger partial charge >= 0.3 is 0 Å². The highest BCUT2D eigenvalue weighted by molar-refractivity contribution is 14.1. The van der Waals surface area contributed by atoms with Gasteiger partial charge in [0, 0.05) is 16.4 Å². The molecule has 1 aromatic carbocycles. The van der Waals surface area contributed by atoms with E-state index >= 15 is 0 Å². The van der Waals surface area contributed by atoms with E-state index in [0.29, 0.717) is 19.3 Å². The van der Waals surface area contributed by atoms with Crippen molar-refractivity contribution in [2.75, 3.05) is 0 Å². The van der Waals surface area contributed by atoms with E-state index in [0.717, 1.165) is 15.6 Å². The summed E-state index contributed by atoms with van der Waals surface area (Å²) in [6, 6.07) is 7.93. The van der Waals surface area contributed by atoms with Crippen LogP contribution >= 0.6 is 22.6 Å². The van der Waals surface area contributed by atoms with Crippen molar-refractivity contribution < 1.29 is 9.59 Å². The Morgan fingerprint density at radius 2 is 1.75 bits per heavy atom. The molecule has 1 fully saturated rings. The van der Waals surface area contributed by atoms with Crippen molar-refractivity contribution in [3.8, 4) is 0 Å². The van der Waals surface area contributed by atoms with Crippen LogP contribution in [0.2, 0.25) is 0 Å². The number of hydrogen-bond acceptors (Lipinski definition) is 2. The number of Topliss-reactive ketones (excluding diaryl/α,β-unsaturated/α-hetero) is 2. The van der Waals surface area contributed by atoms with Crippen LogP contribution in [0, 0.1) is 9.49 Å². The van der Waals surface area contributed by atoms with Crippen LogP contribution < -0.4 is 0 Å². The van der Waals surface area contributed by atoms with Gasteiger partial charge < -0.3 is 0 Å². The van der Waals surface area contributed by atoms with Crippen LogP contribution in [0.15, 0.2) is 24.3 Å². The average Bonchev–Trinajstić information content (AvgIpc) is 2.26. The molecule has 1 saturated carbocycles. The van der Waals surface area contributed by atoms with Crippen molar-refractivity contribution in [2.45, 2.75) is 25.7 Å². The van der Waals surface area contributed by atoms with E-state index in [4.69, 9.17) is 0 Å². The van der Waals surface area contributed by atoms with Crippen molar-refractivity contribution in [3.63, 3.8) is 0 Å². The van der Waals surface area contributed by atoms with Gasteiger partial charge in [-0.1, -0.05) is 18.2 Å². The summed E-state index contributed by atoms with van der Waals surface area (Å²) in [7, 11) is 0. The van der Waals surface area contributed by atoms with E-state index in [2.05, 4.69) is 22.6 Å². The zero-order valence-corrected chi connectivity index (χ0v) is 11.1. The van der Waals surface area contributed by atoms with E-state index in [1.165, 1.54) is 0 Å². The molecule has 0 unspecified atom stereocenters. The third-order valence-corrected chi connectivity index (χ3v) is 4.06. The zero-order valence-electron chi connectivity index (χ0n) is 8.91. The normalized spacial score (nSPS) is 17.8. The second-order valence-electron chi connectivity index (χ2n) is 4.13. The molecule has 0 N–H and O–H groups in total. The SMILES string of the molecule is O=C1CCCC(=O)C1Cc1ccccc1I. The molecule has 0 atom stereocenters. The Kier molecular flexibility index (Phi) is 3.74. The van der Waals surface area contributed by atoms with Crippen LogP contribution in [0.1, 0.15) is 24.8 Å². The number of ketones is 2. The molecule has 2 rings (SSSR count). The van der Waals surface area contributed by atoms with Crippen molar-refractivity contribution in [1.29, 1.82) is 0 Å². The molecule has 0 amide bonds. The molecule has 0 aliphatic heterocycles. The minimum absolute atomic E-state index is 0.121. The molecule has 0 saturated heterocycles. The highest BCUT2D eigenvalue weighted by atomic mass is 127. The second-order valence-corrected chi connectivity index (χ2v) is 5.30. The summed E-state index contributed by atoms with van der Waals surface area (Å²) in [6.45, 7) is 0. The largest absolute Gasteiger partial charge is 0.299 e. The Labute approximate surface area is 109 Å². The summed E-state index contributed by atoms with van der Waals surface area (Å²) < 4.78 is 1.13. The molecule has 0 aromatic heterocycles. The van der Waals surface area contributed by atoms with Crippen LogP contribution in [-0.4, -0.2) is 11.6 Å². The summed E-state index contributed by atoms with van der Waals surface area (Å²) in [5.41, 5.74) is 1.11. The second kappa shape index (κ2) is 5.08. The highest BCUT2D eigenvalue weighted by Gasteiger charge is 2.30. The first-order valence-corrected chi connectivity index (χ1v) is 6.55. The molecule has 1 aliphatic carbocycles. The van der Waals surface area contributed by atoms with Gasteiger partial charge in [-0.15, -0.1) is 0 Å². The minimum atomic E-state index is -0.385. The lowest BCUT2D eigenvalue weighted by atomic mass is 9.83. The predicted octanol–water partition coefficient (Wildman–Crippen LogP) is 2.77. The molecule has 0 heterocycles. The van der Waals surface area contributed by atoms with E-state index in [1.54, 1.807) is 0 Å². The molecule has 0 bridgehead atoms. The quantitative estimate of drug-likeness (QED) is 0.618.